The molecule has 0 spiro atoms. The van der Waals surface area contributed by atoms with Crippen molar-refractivity contribution >= 4 is 33.2 Å². The average Bonchev–Trinajstić information content (AvgIpc) is 2.48. The highest BCUT2D eigenvalue weighted by Gasteiger charge is 2.21. The number of thiophene rings is 1. The van der Waals surface area contributed by atoms with Gasteiger partial charge in [-0.1, -0.05) is 0 Å². The van der Waals surface area contributed by atoms with E-state index in [1.54, 1.807) is 11.4 Å². The number of aliphatic hydroxyl groups excluding tert-OH is 1. The van der Waals surface area contributed by atoms with Crippen molar-refractivity contribution < 1.29 is 14.6 Å². The van der Waals surface area contributed by atoms with Gasteiger partial charge in [0.05, 0.1) is 12.0 Å². The largest absolute Gasteiger partial charge is 0.467 e. The molecule has 0 radical (unpaired) electrons. The summed E-state index contributed by atoms with van der Waals surface area (Å²) in [5.74, 6) is -0.641. The fourth-order valence-corrected chi connectivity index (χ4v) is 2.28. The second-order valence-corrected chi connectivity index (χ2v) is 3.86. The average molecular weight is 251 g/mol. The molecular weight excluding hydrogens is 244 g/mol. The molecule has 66 valence electrons. The molecule has 1 atom stereocenters. The smallest absolute Gasteiger partial charge is 0.340 e. The molecule has 0 aliphatic carbocycles. The number of methoxy groups -OCH3 is 1. The number of aliphatic hydroxyl groups is 1. The van der Waals surface area contributed by atoms with Crippen molar-refractivity contribution in [2.45, 2.75) is 6.10 Å². The molecule has 0 saturated heterocycles. The van der Waals surface area contributed by atoms with E-state index in [0.29, 0.717) is 4.88 Å². The lowest BCUT2D eigenvalue weighted by Gasteiger charge is -2.05. The summed E-state index contributed by atoms with van der Waals surface area (Å²) in [4.78, 5) is 11.4. The second-order valence-electron chi connectivity index (χ2n) is 2.06. The van der Waals surface area contributed by atoms with Crippen LogP contribution in [0.1, 0.15) is 11.0 Å². The van der Waals surface area contributed by atoms with Crippen LogP contribution >= 0.6 is 27.3 Å². The molecule has 0 amide bonds. The number of carbonyl (C=O) groups is 1. The van der Waals surface area contributed by atoms with Crippen LogP contribution in [0.2, 0.25) is 0 Å². The van der Waals surface area contributed by atoms with Gasteiger partial charge < -0.3 is 9.84 Å². The molecule has 1 unspecified atom stereocenters. The van der Waals surface area contributed by atoms with Crippen LogP contribution in [0.15, 0.2) is 15.9 Å². The third kappa shape index (κ3) is 1.85. The molecule has 1 heterocycles. The highest BCUT2D eigenvalue weighted by Crippen LogP contribution is 2.29. The van der Waals surface area contributed by atoms with Crippen molar-refractivity contribution in [2.75, 3.05) is 7.11 Å². The van der Waals surface area contributed by atoms with Gasteiger partial charge >= 0.3 is 5.97 Å². The van der Waals surface area contributed by atoms with E-state index in [0.717, 1.165) is 4.47 Å². The lowest BCUT2D eigenvalue weighted by atomic mass is 10.3. The Kier molecular flexibility index (Phi) is 3.25. The van der Waals surface area contributed by atoms with Gasteiger partial charge in [-0.3, -0.25) is 0 Å². The van der Waals surface area contributed by atoms with Gasteiger partial charge in [-0.05, 0) is 27.4 Å². The topological polar surface area (TPSA) is 46.5 Å². The zero-order chi connectivity index (χ0) is 9.14. The molecule has 1 N–H and O–H groups in total. The van der Waals surface area contributed by atoms with E-state index in [-0.39, 0.29) is 0 Å². The van der Waals surface area contributed by atoms with Gasteiger partial charge in [0, 0.05) is 4.47 Å². The number of esters is 1. The summed E-state index contributed by atoms with van der Waals surface area (Å²) in [5.41, 5.74) is 0. The first-order valence-corrected chi connectivity index (χ1v) is 4.83. The maximum Gasteiger partial charge on any atom is 0.340 e. The lowest BCUT2D eigenvalue weighted by Crippen LogP contribution is -2.12. The van der Waals surface area contributed by atoms with Crippen molar-refractivity contribution in [1.82, 2.24) is 0 Å². The zero-order valence-corrected chi connectivity index (χ0v) is 8.68. The molecular formula is C7H7BrO3S. The van der Waals surface area contributed by atoms with Crippen LogP contribution in [-0.4, -0.2) is 18.2 Å². The summed E-state index contributed by atoms with van der Waals surface area (Å²) >= 11 is 4.51. The molecule has 0 aliphatic rings. The van der Waals surface area contributed by atoms with Crippen molar-refractivity contribution in [3.05, 3.63) is 20.8 Å². The van der Waals surface area contributed by atoms with Gasteiger partial charge in [0.1, 0.15) is 0 Å². The van der Waals surface area contributed by atoms with Crippen LogP contribution in [0, 0.1) is 0 Å². The van der Waals surface area contributed by atoms with Gasteiger partial charge in [-0.25, -0.2) is 4.79 Å². The Balaban J connectivity index is 2.84. The molecule has 1 aromatic rings. The Hall–Kier alpha value is -0.390. The molecule has 0 bridgehead atoms. The lowest BCUT2D eigenvalue weighted by molar-refractivity contribution is -0.150. The third-order valence-electron chi connectivity index (χ3n) is 1.32. The molecule has 0 fully saturated rings. The van der Waals surface area contributed by atoms with Crippen molar-refractivity contribution in [3.8, 4) is 0 Å². The molecule has 12 heavy (non-hydrogen) atoms. The Morgan fingerprint density at radius 1 is 1.83 bits per heavy atom. The quantitative estimate of drug-likeness (QED) is 0.814. The summed E-state index contributed by atoms with van der Waals surface area (Å²) in [7, 11) is 1.24. The highest BCUT2D eigenvalue weighted by molar-refractivity contribution is 9.10. The number of rotatable bonds is 2. The highest BCUT2D eigenvalue weighted by atomic mass is 79.9. The first-order chi connectivity index (χ1) is 5.66. The Bertz CT molecular complexity index is 284. The monoisotopic (exact) mass is 250 g/mol. The normalized spacial score (nSPS) is 12.6. The van der Waals surface area contributed by atoms with E-state index < -0.39 is 12.1 Å². The van der Waals surface area contributed by atoms with E-state index in [4.69, 9.17) is 0 Å². The maximum atomic E-state index is 10.9. The van der Waals surface area contributed by atoms with Gasteiger partial charge in [-0.15, -0.1) is 11.3 Å². The predicted molar refractivity (Wildman–Crippen MR) is 49.0 cm³/mol. The number of hydrogen-bond donors (Lipinski definition) is 1. The van der Waals surface area contributed by atoms with Gasteiger partial charge in [0.25, 0.3) is 0 Å². The minimum absolute atomic E-state index is 0.571. The Morgan fingerprint density at radius 2 is 2.50 bits per heavy atom. The fraction of sp³-hybridized carbons (Fsp3) is 0.286. The molecule has 0 saturated carbocycles. The number of carbonyl (C=O) groups excluding carboxylic acids is 1. The van der Waals surface area contributed by atoms with Crippen LogP contribution in [-0.2, 0) is 9.53 Å². The number of halogens is 1. The minimum Gasteiger partial charge on any atom is -0.467 e. The van der Waals surface area contributed by atoms with E-state index in [1.807, 2.05) is 0 Å². The standard InChI is InChI=1S/C7H7BrO3S/c1-11-7(10)5(9)6-4(8)2-3-12-6/h2-3,5,9H,1H3. The van der Waals surface area contributed by atoms with E-state index >= 15 is 0 Å². The summed E-state index contributed by atoms with van der Waals surface area (Å²) in [6, 6.07) is 1.77. The SMILES string of the molecule is COC(=O)C(O)c1sccc1Br. The van der Waals surface area contributed by atoms with Gasteiger partial charge in [-0.2, -0.15) is 0 Å². The predicted octanol–water partition coefficient (Wildman–Crippen LogP) is 1.72. The van der Waals surface area contributed by atoms with Crippen LogP contribution in [0.5, 0.6) is 0 Å². The van der Waals surface area contributed by atoms with Crippen LogP contribution < -0.4 is 0 Å². The minimum atomic E-state index is -1.18. The Labute approximate surface area is 82.1 Å². The summed E-state index contributed by atoms with van der Waals surface area (Å²) in [5, 5.41) is 11.1. The summed E-state index contributed by atoms with van der Waals surface area (Å²) < 4.78 is 5.11. The van der Waals surface area contributed by atoms with Crippen molar-refractivity contribution in [3.63, 3.8) is 0 Å². The first kappa shape index (κ1) is 9.70. The van der Waals surface area contributed by atoms with Crippen molar-refractivity contribution in [1.29, 1.82) is 0 Å². The van der Waals surface area contributed by atoms with Crippen LogP contribution in [0.4, 0.5) is 0 Å². The fourth-order valence-electron chi connectivity index (χ4n) is 0.719. The van der Waals surface area contributed by atoms with Gasteiger partial charge in [0.2, 0.25) is 0 Å². The second kappa shape index (κ2) is 4.02. The molecule has 3 nitrogen and oxygen atoms in total. The van der Waals surface area contributed by atoms with Gasteiger partial charge in [0.15, 0.2) is 6.10 Å². The van der Waals surface area contributed by atoms with Crippen LogP contribution in [0.3, 0.4) is 0 Å². The molecule has 1 aromatic heterocycles. The Morgan fingerprint density at radius 3 is 2.92 bits per heavy atom. The number of hydrogen-bond acceptors (Lipinski definition) is 4. The third-order valence-corrected chi connectivity index (χ3v) is 3.24. The maximum absolute atomic E-state index is 10.9. The van der Waals surface area contributed by atoms with Crippen molar-refractivity contribution in [2.24, 2.45) is 0 Å². The summed E-state index contributed by atoms with van der Waals surface area (Å²) in [6.45, 7) is 0. The van der Waals surface area contributed by atoms with Crippen LogP contribution in [0.25, 0.3) is 0 Å². The summed E-state index contributed by atoms with van der Waals surface area (Å²) in [6.07, 6.45) is -1.18. The molecule has 1 rings (SSSR count). The number of ether oxygens (including phenoxy) is 1. The van der Waals surface area contributed by atoms with E-state index in [1.165, 1.54) is 18.4 Å². The van der Waals surface area contributed by atoms with E-state index in [2.05, 4.69) is 20.7 Å². The first-order valence-electron chi connectivity index (χ1n) is 3.15. The molecule has 0 aliphatic heterocycles. The molecule has 5 heteroatoms. The molecule has 0 aromatic carbocycles. The van der Waals surface area contributed by atoms with E-state index in [9.17, 15) is 9.90 Å². The zero-order valence-electron chi connectivity index (χ0n) is 6.28.